The number of aromatic nitrogens is 2. The van der Waals surface area contributed by atoms with E-state index in [1.165, 1.54) is 6.39 Å². The molecule has 0 spiro atoms. The van der Waals surface area contributed by atoms with Gasteiger partial charge in [0, 0.05) is 17.7 Å². The van der Waals surface area contributed by atoms with Crippen LogP contribution in [0.25, 0.3) is 11.5 Å². The van der Waals surface area contributed by atoms with Crippen molar-refractivity contribution in [3.8, 4) is 11.5 Å². The van der Waals surface area contributed by atoms with E-state index >= 15 is 0 Å². The third-order valence-corrected chi connectivity index (χ3v) is 2.63. The molecule has 0 unspecified atom stereocenters. The predicted molar refractivity (Wildman–Crippen MR) is 77.7 cm³/mol. The number of hydrogen-bond donors (Lipinski definition) is 1. The zero-order valence-electron chi connectivity index (χ0n) is 11.8. The second-order valence-electron chi connectivity index (χ2n) is 4.59. The van der Waals surface area contributed by atoms with E-state index in [0.29, 0.717) is 31.2 Å². The van der Waals surface area contributed by atoms with Crippen molar-refractivity contribution in [1.29, 1.82) is 0 Å². The fourth-order valence-corrected chi connectivity index (χ4v) is 1.65. The highest BCUT2D eigenvalue weighted by molar-refractivity contribution is 5.94. The van der Waals surface area contributed by atoms with Crippen molar-refractivity contribution in [1.82, 2.24) is 15.5 Å². The Morgan fingerprint density at radius 1 is 1.38 bits per heavy atom. The summed E-state index contributed by atoms with van der Waals surface area (Å²) in [5, 5.41) is 10.2. The second kappa shape index (κ2) is 7.35. The zero-order chi connectivity index (χ0) is 15.1. The monoisotopic (exact) mass is 287 g/mol. The van der Waals surface area contributed by atoms with Crippen LogP contribution in [0.3, 0.4) is 0 Å². The molecule has 0 fully saturated rings. The molecule has 0 aliphatic rings. The number of benzene rings is 1. The van der Waals surface area contributed by atoms with Gasteiger partial charge >= 0.3 is 0 Å². The summed E-state index contributed by atoms with van der Waals surface area (Å²) in [6.45, 7) is 7.05. The quantitative estimate of drug-likeness (QED) is 0.623. The third-order valence-electron chi connectivity index (χ3n) is 2.63. The van der Waals surface area contributed by atoms with Crippen LogP contribution in [0, 0.1) is 0 Å². The van der Waals surface area contributed by atoms with E-state index in [1.54, 1.807) is 24.3 Å². The molecular weight excluding hydrogens is 270 g/mol. The van der Waals surface area contributed by atoms with E-state index in [1.807, 2.05) is 6.92 Å². The number of nitrogens with zero attached hydrogens (tertiary/aromatic N) is 2. The van der Waals surface area contributed by atoms with E-state index in [0.717, 1.165) is 11.1 Å². The highest BCUT2D eigenvalue weighted by Gasteiger charge is 2.07. The highest BCUT2D eigenvalue weighted by Crippen LogP contribution is 2.16. The Balaban J connectivity index is 1.81. The average molecular weight is 287 g/mol. The van der Waals surface area contributed by atoms with E-state index in [-0.39, 0.29) is 5.91 Å². The van der Waals surface area contributed by atoms with Gasteiger partial charge < -0.3 is 14.5 Å². The Kier molecular flexibility index (Phi) is 5.22. The lowest BCUT2D eigenvalue weighted by Crippen LogP contribution is -2.27. The van der Waals surface area contributed by atoms with Crippen molar-refractivity contribution >= 4 is 5.91 Å². The Labute approximate surface area is 122 Å². The molecule has 110 valence electrons. The maximum absolute atomic E-state index is 11.9. The topological polar surface area (TPSA) is 77.2 Å². The maximum Gasteiger partial charge on any atom is 0.251 e. The van der Waals surface area contributed by atoms with Crippen molar-refractivity contribution in [2.75, 3.05) is 19.8 Å². The summed E-state index contributed by atoms with van der Waals surface area (Å²) in [4.78, 5) is 11.9. The van der Waals surface area contributed by atoms with Crippen molar-refractivity contribution < 1.29 is 13.9 Å². The van der Waals surface area contributed by atoms with E-state index in [2.05, 4.69) is 22.1 Å². The van der Waals surface area contributed by atoms with E-state index < -0.39 is 0 Å². The normalized spacial score (nSPS) is 10.3. The Bertz CT molecular complexity index is 591. The Morgan fingerprint density at radius 3 is 2.76 bits per heavy atom. The number of ether oxygens (including phenoxy) is 1. The number of rotatable bonds is 7. The lowest BCUT2D eigenvalue weighted by molar-refractivity contribution is 0.0927. The van der Waals surface area contributed by atoms with Crippen molar-refractivity contribution in [3.63, 3.8) is 0 Å². The van der Waals surface area contributed by atoms with Gasteiger partial charge in [-0.15, -0.1) is 10.2 Å². The van der Waals surface area contributed by atoms with Crippen molar-refractivity contribution in [2.45, 2.75) is 6.92 Å². The van der Waals surface area contributed by atoms with Crippen LogP contribution in [-0.2, 0) is 4.74 Å². The van der Waals surface area contributed by atoms with Gasteiger partial charge in [0.05, 0.1) is 13.2 Å². The largest absolute Gasteiger partial charge is 0.423 e. The summed E-state index contributed by atoms with van der Waals surface area (Å²) in [5.41, 5.74) is 2.30. The van der Waals surface area contributed by atoms with Gasteiger partial charge in [-0.25, -0.2) is 0 Å². The molecule has 6 nitrogen and oxygen atoms in total. The molecule has 1 aromatic heterocycles. The molecule has 2 rings (SSSR count). The molecule has 1 heterocycles. The molecule has 6 heteroatoms. The Hall–Kier alpha value is -2.47. The highest BCUT2D eigenvalue weighted by atomic mass is 16.5. The first-order chi connectivity index (χ1) is 10.2. The van der Waals surface area contributed by atoms with Gasteiger partial charge in [0.15, 0.2) is 0 Å². The summed E-state index contributed by atoms with van der Waals surface area (Å²) in [6.07, 6.45) is 1.26. The molecule has 0 saturated heterocycles. The summed E-state index contributed by atoms with van der Waals surface area (Å²) in [5.74, 6) is 0.279. The first-order valence-electron chi connectivity index (χ1n) is 6.54. The molecule has 0 bridgehead atoms. The number of carbonyl (C=O) groups excluding carboxylic acids is 1. The molecule has 1 amide bonds. The molecule has 0 saturated carbocycles. The van der Waals surface area contributed by atoms with Gasteiger partial charge in [-0.3, -0.25) is 4.79 Å². The minimum absolute atomic E-state index is 0.147. The molecule has 0 aliphatic heterocycles. The summed E-state index contributed by atoms with van der Waals surface area (Å²) in [7, 11) is 0. The molecule has 21 heavy (non-hydrogen) atoms. The summed E-state index contributed by atoms with van der Waals surface area (Å²) >= 11 is 0. The number of nitrogens with one attached hydrogen (secondary N) is 1. The molecule has 0 aliphatic carbocycles. The van der Waals surface area contributed by atoms with Crippen LogP contribution in [0.15, 0.2) is 47.2 Å². The van der Waals surface area contributed by atoms with Gasteiger partial charge in [0.25, 0.3) is 5.91 Å². The van der Waals surface area contributed by atoms with Crippen LogP contribution in [-0.4, -0.2) is 35.9 Å². The minimum atomic E-state index is -0.147. The third kappa shape index (κ3) is 4.54. The maximum atomic E-state index is 11.9. The fourth-order valence-electron chi connectivity index (χ4n) is 1.65. The van der Waals surface area contributed by atoms with Crippen molar-refractivity contribution in [2.24, 2.45) is 0 Å². The van der Waals surface area contributed by atoms with Gasteiger partial charge in [0.1, 0.15) is 0 Å². The molecule has 1 N–H and O–H groups in total. The lowest BCUT2D eigenvalue weighted by atomic mass is 10.1. The van der Waals surface area contributed by atoms with Crippen LogP contribution in [0.2, 0.25) is 0 Å². The van der Waals surface area contributed by atoms with Gasteiger partial charge in [-0.2, -0.15) is 0 Å². The van der Waals surface area contributed by atoms with Crippen LogP contribution in [0.5, 0.6) is 0 Å². The van der Waals surface area contributed by atoms with Crippen molar-refractivity contribution in [3.05, 3.63) is 48.4 Å². The van der Waals surface area contributed by atoms with Crippen LogP contribution in [0.4, 0.5) is 0 Å². The molecule has 1 aromatic carbocycles. The summed E-state index contributed by atoms with van der Waals surface area (Å²) < 4.78 is 10.4. The van der Waals surface area contributed by atoms with E-state index in [4.69, 9.17) is 9.15 Å². The van der Waals surface area contributed by atoms with Crippen LogP contribution in [0.1, 0.15) is 17.3 Å². The predicted octanol–water partition coefficient (Wildman–Crippen LogP) is 2.06. The molecule has 0 radical (unpaired) electrons. The average Bonchev–Trinajstić information content (AvgIpc) is 3.01. The number of hydrogen-bond acceptors (Lipinski definition) is 5. The van der Waals surface area contributed by atoms with E-state index in [9.17, 15) is 4.79 Å². The zero-order valence-corrected chi connectivity index (χ0v) is 11.8. The lowest BCUT2D eigenvalue weighted by Gasteiger charge is -2.06. The number of carbonyl (C=O) groups is 1. The first kappa shape index (κ1) is 14.9. The standard InChI is InChI=1S/C15H17N3O3/c1-11(2)9-20-8-7-16-14(19)12-3-5-13(6-4-12)15-18-17-10-21-15/h3-6,10H,1,7-9H2,2H3,(H,16,19). The van der Waals surface area contributed by atoms with Crippen LogP contribution < -0.4 is 5.32 Å². The van der Waals surface area contributed by atoms with Gasteiger partial charge in [-0.05, 0) is 31.2 Å². The second-order valence-corrected chi connectivity index (χ2v) is 4.59. The van der Waals surface area contributed by atoms with Gasteiger partial charge in [-0.1, -0.05) is 12.2 Å². The van der Waals surface area contributed by atoms with Gasteiger partial charge in [0.2, 0.25) is 12.3 Å². The Morgan fingerprint density at radius 2 is 2.14 bits per heavy atom. The smallest absolute Gasteiger partial charge is 0.251 e. The molecular formula is C15H17N3O3. The number of amides is 1. The first-order valence-corrected chi connectivity index (χ1v) is 6.54. The minimum Gasteiger partial charge on any atom is -0.423 e. The molecule has 0 atom stereocenters. The van der Waals surface area contributed by atoms with Crippen LogP contribution >= 0.6 is 0 Å². The SMILES string of the molecule is C=C(C)COCCNC(=O)c1ccc(-c2nnco2)cc1. The fraction of sp³-hybridized carbons (Fsp3) is 0.267. The molecule has 2 aromatic rings. The summed E-state index contributed by atoms with van der Waals surface area (Å²) in [6, 6.07) is 6.95.